The van der Waals surface area contributed by atoms with Gasteiger partial charge in [-0.3, -0.25) is 14.3 Å². The summed E-state index contributed by atoms with van der Waals surface area (Å²) in [5, 5.41) is 10.5. The van der Waals surface area contributed by atoms with Crippen LogP contribution in [0.2, 0.25) is 0 Å². The number of aromatic nitrogens is 6. The van der Waals surface area contributed by atoms with E-state index in [1.807, 2.05) is 0 Å². The Morgan fingerprint density at radius 3 is 2.36 bits per heavy atom. The molecule has 0 spiro atoms. The number of amides is 2. The van der Waals surface area contributed by atoms with E-state index in [4.69, 9.17) is 5.73 Å². The summed E-state index contributed by atoms with van der Waals surface area (Å²) in [5.74, 6) is -2.66. The van der Waals surface area contributed by atoms with Gasteiger partial charge in [-0.15, -0.1) is 11.3 Å². The van der Waals surface area contributed by atoms with Crippen LogP contribution in [-0.2, 0) is 13.2 Å². The Morgan fingerprint density at radius 1 is 1.04 bits per heavy atom. The third-order valence-corrected chi connectivity index (χ3v) is 8.08. The van der Waals surface area contributed by atoms with Crippen LogP contribution in [0.1, 0.15) is 43.7 Å². The van der Waals surface area contributed by atoms with E-state index in [9.17, 15) is 35.9 Å². The molecular formula is C28H18F6N8O2S. The molecule has 45 heavy (non-hydrogen) atoms. The number of carbonyl (C=O) groups is 2. The zero-order valence-corrected chi connectivity index (χ0v) is 23.8. The van der Waals surface area contributed by atoms with Crippen LogP contribution in [-0.4, -0.2) is 41.2 Å². The lowest BCUT2D eigenvalue weighted by Gasteiger charge is -2.11. The molecule has 230 valence electrons. The number of fused-ring (bicyclic) bond motifs is 2. The molecule has 0 radical (unpaired) electrons. The first-order valence-electron chi connectivity index (χ1n) is 12.8. The third-order valence-electron chi connectivity index (χ3n) is 6.98. The van der Waals surface area contributed by atoms with E-state index in [1.165, 1.54) is 23.0 Å². The van der Waals surface area contributed by atoms with Gasteiger partial charge in [0.25, 0.3) is 18.2 Å². The molecule has 6 aromatic rings. The molecule has 0 saturated carbocycles. The van der Waals surface area contributed by atoms with Gasteiger partial charge in [0.05, 0.1) is 17.6 Å². The second-order valence-corrected chi connectivity index (χ2v) is 10.8. The van der Waals surface area contributed by atoms with Crippen molar-refractivity contribution in [2.45, 2.75) is 19.5 Å². The molecule has 10 nitrogen and oxygen atoms in total. The van der Waals surface area contributed by atoms with Crippen LogP contribution in [0, 0.1) is 12.7 Å². The number of alkyl halides is 5. The number of benzene rings is 1. The number of carbonyl (C=O) groups excluding carboxylic acids is 2. The van der Waals surface area contributed by atoms with Gasteiger partial charge in [0, 0.05) is 35.3 Å². The second kappa shape index (κ2) is 10.7. The van der Waals surface area contributed by atoms with E-state index >= 15 is 0 Å². The summed E-state index contributed by atoms with van der Waals surface area (Å²) in [4.78, 5) is 33.8. The molecule has 5 aromatic heterocycles. The van der Waals surface area contributed by atoms with Crippen LogP contribution >= 0.6 is 11.3 Å². The van der Waals surface area contributed by atoms with Crippen molar-refractivity contribution in [1.82, 2.24) is 29.4 Å². The Morgan fingerprint density at radius 2 is 1.76 bits per heavy atom. The zero-order valence-electron chi connectivity index (χ0n) is 22.9. The van der Waals surface area contributed by atoms with Crippen molar-refractivity contribution in [1.29, 1.82) is 0 Å². The van der Waals surface area contributed by atoms with Crippen molar-refractivity contribution in [3.8, 4) is 22.4 Å². The number of nitrogens with two attached hydrogens (primary N) is 1. The fourth-order valence-electron chi connectivity index (χ4n) is 4.73. The minimum Gasteiger partial charge on any atom is -0.365 e. The van der Waals surface area contributed by atoms with Crippen molar-refractivity contribution in [3.05, 3.63) is 82.1 Å². The fourth-order valence-corrected chi connectivity index (χ4v) is 5.75. The molecule has 0 atom stereocenters. The molecule has 3 N–H and O–H groups in total. The van der Waals surface area contributed by atoms with Gasteiger partial charge in [0.2, 0.25) is 0 Å². The van der Waals surface area contributed by atoms with Gasteiger partial charge in [0.15, 0.2) is 17.0 Å². The van der Waals surface area contributed by atoms with Crippen molar-refractivity contribution in [2.75, 3.05) is 5.32 Å². The van der Waals surface area contributed by atoms with Gasteiger partial charge >= 0.3 is 6.18 Å². The summed E-state index contributed by atoms with van der Waals surface area (Å²) >= 11 is 0.659. The molecule has 2 amide bonds. The predicted octanol–water partition coefficient (Wildman–Crippen LogP) is 6.16. The number of primary amides is 1. The normalized spacial score (nSPS) is 12.0. The molecule has 0 aliphatic heterocycles. The second-order valence-electron chi connectivity index (χ2n) is 9.80. The molecule has 0 saturated heterocycles. The molecule has 5 heterocycles. The molecule has 0 unspecified atom stereocenters. The highest BCUT2D eigenvalue weighted by Crippen LogP contribution is 2.43. The average molecular weight is 645 g/mol. The first-order valence-corrected chi connectivity index (χ1v) is 13.6. The molecule has 17 heteroatoms. The van der Waals surface area contributed by atoms with E-state index in [0.29, 0.717) is 33.2 Å². The first-order chi connectivity index (χ1) is 21.2. The van der Waals surface area contributed by atoms with Gasteiger partial charge in [-0.25, -0.2) is 27.7 Å². The molecule has 0 bridgehead atoms. The molecule has 1 aromatic carbocycles. The topological polar surface area (TPSA) is 133 Å². The highest BCUT2D eigenvalue weighted by atomic mass is 32.1. The number of thiophene rings is 1. The minimum absolute atomic E-state index is 0.0462. The Hall–Kier alpha value is -5.32. The van der Waals surface area contributed by atoms with Crippen molar-refractivity contribution >= 4 is 44.7 Å². The van der Waals surface area contributed by atoms with E-state index in [1.54, 1.807) is 14.0 Å². The highest BCUT2D eigenvalue weighted by Gasteiger charge is 2.36. The van der Waals surface area contributed by atoms with E-state index < -0.39 is 47.3 Å². The van der Waals surface area contributed by atoms with Crippen LogP contribution in [0.4, 0.5) is 32.0 Å². The average Bonchev–Trinajstić information content (AvgIpc) is 3.67. The quantitative estimate of drug-likeness (QED) is 0.209. The van der Waals surface area contributed by atoms with Crippen LogP contribution < -0.4 is 11.1 Å². The van der Waals surface area contributed by atoms with Crippen LogP contribution in [0.15, 0.2) is 48.7 Å². The van der Waals surface area contributed by atoms with Gasteiger partial charge in [0.1, 0.15) is 21.2 Å². The number of hydrogen-bond acceptors (Lipinski definition) is 7. The highest BCUT2D eigenvalue weighted by molar-refractivity contribution is 7.21. The Bertz CT molecular complexity index is 2150. The Kier molecular flexibility index (Phi) is 7.06. The van der Waals surface area contributed by atoms with Gasteiger partial charge in [-0.05, 0) is 48.9 Å². The predicted molar refractivity (Wildman–Crippen MR) is 151 cm³/mol. The molecule has 6 rings (SSSR count). The van der Waals surface area contributed by atoms with Gasteiger partial charge in [-0.2, -0.15) is 23.4 Å². The number of anilines is 1. The summed E-state index contributed by atoms with van der Waals surface area (Å²) < 4.78 is 85.2. The third kappa shape index (κ3) is 5.24. The maximum atomic E-state index is 14.1. The number of halogens is 6. The van der Waals surface area contributed by atoms with E-state index in [2.05, 4.69) is 25.5 Å². The standard InChI is InChI=1S/C28H18F6N8O2S/c1-11-15(10-36-41(11)2)14-7-17(24(30)31)38-27-21(14)22(23(45-27)25(35)43)39-26(44)18-9-20-37-16(12-3-5-13(29)6-4-12)8-19(28(32,33)34)42(20)40-18/h3-10,24H,1-2H3,(H2,35,43)(H,39,44). The number of nitrogens with one attached hydrogen (secondary N) is 1. The monoisotopic (exact) mass is 644 g/mol. The summed E-state index contributed by atoms with van der Waals surface area (Å²) in [6, 6.07) is 7.43. The number of rotatable bonds is 6. The fraction of sp³-hybridized carbons (Fsp3) is 0.143. The van der Waals surface area contributed by atoms with Crippen molar-refractivity contribution < 1.29 is 35.9 Å². The maximum absolute atomic E-state index is 14.1. The van der Waals surface area contributed by atoms with Gasteiger partial charge < -0.3 is 11.1 Å². The number of hydrogen-bond donors (Lipinski definition) is 2. The van der Waals surface area contributed by atoms with Gasteiger partial charge in [-0.1, -0.05) is 0 Å². The number of pyridine rings is 1. The van der Waals surface area contributed by atoms with Crippen LogP contribution in [0.5, 0.6) is 0 Å². The summed E-state index contributed by atoms with van der Waals surface area (Å²) in [6.45, 7) is 1.68. The smallest absolute Gasteiger partial charge is 0.365 e. The summed E-state index contributed by atoms with van der Waals surface area (Å²) in [5.41, 5.74) is 3.81. The molecular weight excluding hydrogens is 626 g/mol. The lowest BCUT2D eigenvalue weighted by molar-refractivity contribution is -0.142. The summed E-state index contributed by atoms with van der Waals surface area (Å²) in [6.07, 6.45) is -6.49. The summed E-state index contributed by atoms with van der Waals surface area (Å²) in [7, 11) is 1.63. The van der Waals surface area contributed by atoms with E-state index in [0.717, 1.165) is 24.3 Å². The molecule has 0 aliphatic carbocycles. The van der Waals surface area contributed by atoms with Crippen LogP contribution in [0.25, 0.3) is 38.2 Å². The number of nitrogens with zero attached hydrogens (tertiary/aromatic N) is 6. The number of aryl methyl sites for hydroxylation is 1. The van der Waals surface area contributed by atoms with Crippen molar-refractivity contribution in [3.63, 3.8) is 0 Å². The SMILES string of the molecule is Cc1c(-c2cc(C(F)F)nc3sc(C(N)=O)c(NC(=O)c4cc5nc(-c6ccc(F)cc6)cc(C(F)(F)F)n5n4)c23)cnn1C. The van der Waals surface area contributed by atoms with E-state index in [-0.39, 0.29) is 43.2 Å². The maximum Gasteiger partial charge on any atom is 0.433 e. The molecule has 0 fully saturated rings. The lowest BCUT2D eigenvalue weighted by atomic mass is 10.0. The Labute approximate surface area is 252 Å². The minimum atomic E-state index is -4.93. The largest absolute Gasteiger partial charge is 0.433 e. The first kappa shape index (κ1) is 29.7. The Balaban J connectivity index is 1.50. The van der Waals surface area contributed by atoms with Crippen molar-refractivity contribution in [2.24, 2.45) is 12.8 Å². The molecule has 0 aliphatic rings. The zero-order chi connectivity index (χ0) is 32.4. The lowest BCUT2D eigenvalue weighted by Crippen LogP contribution is -2.18. The van der Waals surface area contributed by atoms with Crippen LogP contribution in [0.3, 0.4) is 0 Å².